The molecule has 4 N–H and O–H groups in total. The van der Waals surface area contributed by atoms with Crippen LogP contribution in [0, 0.1) is 0 Å². The summed E-state index contributed by atoms with van der Waals surface area (Å²) < 4.78 is 107. The van der Waals surface area contributed by atoms with Gasteiger partial charge in [0.15, 0.2) is 6.10 Å². The molecule has 452 valence electrons. The molecule has 1 aliphatic heterocycles. The third-order valence-electron chi connectivity index (χ3n) is 14.8. The fraction of sp³-hybridized carbons (Fsp3) is 0.667. The van der Waals surface area contributed by atoms with E-state index >= 15 is 0 Å². The number of sulfonamides is 1. The minimum atomic E-state index is -5.05. The van der Waals surface area contributed by atoms with Gasteiger partial charge in [0.05, 0.1) is 12.6 Å². The summed E-state index contributed by atoms with van der Waals surface area (Å²) >= 11 is 0. The summed E-state index contributed by atoms with van der Waals surface area (Å²) in [4.78, 5) is 39.6. The average Bonchev–Trinajstić information content (AvgIpc) is 3.63. The predicted octanol–water partition coefficient (Wildman–Crippen LogP) is 12.4. The average molecular weight is 1180 g/mol. The number of allylic oxidation sites excluding steroid dienone is 1. The largest absolute Gasteiger partial charge is 0.472 e. The number of unbranched alkanes of at least 4 members (excludes halogenated alkanes) is 20. The van der Waals surface area contributed by atoms with Crippen LogP contribution in [0.2, 0.25) is 0 Å². The van der Waals surface area contributed by atoms with E-state index in [1.54, 1.807) is 0 Å². The number of fused-ring (bicyclic) bond motifs is 2. The van der Waals surface area contributed by atoms with Crippen LogP contribution in [0.1, 0.15) is 207 Å². The van der Waals surface area contributed by atoms with Gasteiger partial charge in [0, 0.05) is 60.0 Å². The van der Waals surface area contributed by atoms with Gasteiger partial charge in [-0.25, -0.2) is 9.29 Å². The Morgan fingerprint density at radius 1 is 0.675 bits per heavy atom. The molecule has 0 saturated carbocycles. The highest BCUT2D eigenvalue weighted by atomic mass is 32.2. The monoisotopic (exact) mass is 1180 g/mol. The van der Waals surface area contributed by atoms with Crippen LogP contribution in [0.4, 0.5) is 5.69 Å². The normalized spacial score (nSPS) is 15.5. The van der Waals surface area contributed by atoms with Crippen LogP contribution in [-0.4, -0.2) is 108 Å². The molecule has 4 rings (SSSR count). The van der Waals surface area contributed by atoms with E-state index in [0.717, 1.165) is 87.6 Å². The highest BCUT2D eigenvalue weighted by molar-refractivity contribution is 7.86. The number of nitrogens with two attached hydrogens (primary N) is 1. The van der Waals surface area contributed by atoms with Crippen molar-refractivity contribution in [2.45, 2.75) is 218 Å². The Morgan fingerprint density at radius 2 is 1.21 bits per heavy atom. The quantitative estimate of drug-likeness (QED) is 0.0242. The Bertz CT molecular complexity index is 2580. The standard InChI is InChI=1S/C60H96N3O14PS2/c1-7-13-15-17-19-21-23-25-27-29-31-33-58(64)73-46-50(76-59(65)34-32-30-28-26-24-22-20-18-16-14-8-2)47-75-78(66,67)74-42-41-61-79(68,69)51-37-40-54(57(45-51)80(70,71)72)60-52-38-35-48(62(9-3)10-4)43-55(52)77-56-44-49(36-39-53(56)60)63(11-5)12-6/h35-40,43-45,48,50,61H,7-34,41-42,46-47H2,1-6H3,(H,66,67)(H,70,71,72)/p+1/t48?,50-/m1/s1. The summed E-state index contributed by atoms with van der Waals surface area (Å²) in [5, 5.41) is 0. The lowest BCUT2D eigenvalue weighted by Gasteiger charge is -2.33. The SMILES string of the molecule is CCCCCCCCCCCCCC(=O)OC[C@H](COP(=O)(O)OCC[NH2+]S(=O)(=O)c1ccc(C2=C3C=CC(N(CC)CC)C=C3Oc3cc(N(CC)CC)ccc32)c(S(=O)(=O)O)c1)OC(=O)CCCCCCCCCCCCC. The van der Waals surface area contributed by atoms with Crippen molar-refractivity contribution >= 4 is 51.2 Å². The van der Waals surface area contributed by atoms with Crippen LogP contribution >= 0.6 is 7.82 Å². The van der Waals surface area contributed by atoms with E-state index in [-0.39, 0.29) is 24.4 Å². The van der Waals surface area contributed by atoms with Gasteiger partial charge in [-0.2, -0.15) is 16.8 Å². The number of carbonyl (C=O) groups excluding carboxylic acids is 2. The number of likely N-dealkylation sites (N-methyl/N-ethyl adjacent to an activating group) is 1. The molecule has 2 aliphatic rings. The molecule has 3 atom stereocenters. The van der Waals surface area contributed by atoms with Crippen molar-refractivity contribution in [3.63, 3.8) is 0 Å². The van der Waals surface area contributed by atoms with Crippen molar-refractivity contribution in [3.05, 3.63) is 77.1 Å². The zero-order chi connectivity index (χ0) is 58.4. The molecular formula is C60H97N3O14PS2+. The Hall–Kier alpha value is -3.91. The molecule has 0 bridgehead atoms. The Morgan fingerprint density at radius 3 is 1.75 bits per heavy atom. The number of benzene rings is 2. The summed E-state index contributed by atoms with van der Waals surface area (Å²) in [7, 11) is -14.3. The maximum atomic E-state index is 13.8. The first-order valence-electron chi connectivity index (χ1n) is 30.0. The number of ether oxygens (including phenoxy) is 3. The summed E-state index contributed by atoms with van der Waals surface area (Å²) in [5.74, 6) is -0.103. The van der Waals surface area contributed by atoms with Gasteiger partial charge in [0.1, 0.15) is 41.1 Å². The van der Waals surface area contributed by atoms with E-state index in [4.69, 9.17) is 23.3 Å². The third-order valence-corrected chi connectivity index (χ3v) is 18.3. The molecular weight excluding hydrogens is 1080 g/mol. The number of rotatable bonds is 44. The molecule has 80 heavy (non-hydrogen) atoms. The lowest BCUT2D eigenvalue weighted by atomic mass is 9.86. The number of primary sulfonamides is 1. The fourth-order valence-electron chi connectivity index (χ4n) is 10.2. The van der Waals surface area contributed by atoms with Crippen LogP contribution in [0.3, 0.4) is 0 Å². The fourth-order valence-corrected chi connectivity index (χ4v) is 12.9. The molecule has 0 saturated heterocycles. The summed E-state index contributed by atoms with van der Waals surface area (Å²) in [5.41, 5.74) is 2.46. The predicted molar refractivity (Wildman–Crippen MR) is 316 cm³/mol. The second-order valence-electron chi connectivity index (χ2n) is 20.9. The first-order chi connectivity index (χ1) is 38.4. The molecule has 0 spiro atoms. The molecule has 17 nitrogen and oxygen atoms in total. The van der Waals surface area contributed by atoms with Gasteiger partial charge in [-0.15, -0.1) is 0 Å². The van der Waals surface area contributed by atoms with Gasteiger partial charge >= 0.3 is 29.8 Å². The molecule has 0 aromatic heterocycles. The molecule has 1 heterocycles. The van der Waals surface area contributed by atoms with Gasteiger partial charge in [-0.1, -0.05) is 174 Å². The molecule has 0 amide bonds. The minimum Gasteiger partial charge on any atom is -0.462 e. The third kappa shape index (κ3) is 23.8. The summed E-state index contributed by atoms with van der Waals surface area (Å²) in [6.45, 7) is 13.5. The molecule has 2 aromatic rings. The summed E-state index contributed by atoms with van der Waals surface area (Å²) in [6.07, 6.45) is 29.4. The van der Waals surface area contributed by atoms with E-state index in [0.29, 0.717) is 41.1 Å². The first-order valence-corrected chi connectivity index (χ1v) is 34.5. The van der Waals surface area contributed by atoms with Crippen molar-refractivity contribution in [2.75, 3.05) is 57.4 Å². The van der Waals surface area contributed by atoms with Crippen LogP contribution in [0.25, 0.3) is 5.57 Å². The van der Waals surface area contributed by atoms with E-state index in [2.05, 4.69) is 37.5 Å². The van der Waals surface area contributed by atoms with Gasteiger partial charge in [0.25, 0.3) is 10.1 Å². The number of carbonyl (C=O) groups is 2. The van der Waals surface area contributed by atoms with Crippen molar-refractivity contribution in [3.8, 4) is 5.75 Å². The van der Waals surface area contributed by atoms with Crippen molar-refractivity contribution in [1.29, 1.82) is 0 Å². The molecule has 2 aromatic carbocycles. The molecule has 0 radical (unpaired) electrons. The number of quaternary nitrogens is 1. The van der Waals surface area contributed by atoms with E-state index in [1.807, 2.05) is 50.3 Å². The molecule has 1 aliphatic carbocycles. The Kier molecular flexibility index (Phi) is 31.4. The van der Waals surface area contributed by atoms with E-state index in [1.165, 1.54) is 95.6 Å². The van der Waals surface area contributed by atoms with Crippen molar-refractivity contribution < 1.29 is 68.4 Å². The zero-order valence-corrected chi connectivity index (χ0v) is 51.5. The van der Waals surface area contributed by atoms with Crippen LogP contribution in [0.15, 0.2) is 75.7 Å². The second kappa shape index (κ2) is 36.6. The molecule has 2 unspecified atom stereocenters. The van der Waals surface area contributed by atoms with Crippen molar-refractivity contribution in [1.82, 2.24) is 4.90 Å². The lowest BCUT2D eigenvalue weighted by molar-refractivity contribution is -0.498. The van der Waals surface area contributed by atoms with Gasteiger partial charge in [-0.3, -0.25) is 28.1 Å². The Labute approximate surface area is 480 Å². The smallest absolute Gasteiger partial charge is 0.462 e. The minimum absolute atomic E-state index is 0.0531. The zero-order valence-electron chi connectivity index (χ0n) is 49.0. The number of hydrogen-bond acceptors (Lipinski definition) is 14. The maximum absolute atomic E-state index is 13.8. The van der Waals surface area contributed by atoms with Crippen molar-refractivity contribution in [2.24, 2.45) is 0 Å². The topological polar surface area (TPSA) is 229 Å². The van der Waals surface area contributed by atoms with E-state index < -0.39 is 82.2 Å². The highest BCUT2D eigenvalue weighted by Gasteiger charge is 2.34. The number of nitrogens with zero attached hydrogens (tertiary/aromatic N) is 2. The first kappa shape index (κ1) is 68.6. The Balaban J connectivity index is 1.39. The van der Waals surface area contributed by atoms with Gasteiger partial charge in [-0.05, 0) is 70.1 Å². The highest BCUT2D eigenvalue weighted by Crippen LogP contribution is 2.47. The lowest BCUT2D eigenvalue weighted by Crippen LogP contribution is -2.88. The molecule has 20 heteroatoms. The second-order valence-corrected chi connectivity index (χ2v) is 25.7. The van der Waals surface area contributed by atoms with Gasteiger partial charge in [0.2, 0.25) is 0 Å². The number of hydrogen-bond donors (Lipinski definition) is 3. The van der Waals surface area contributed by atoms with Crippen LogP contribution < -0.4 is 14.4 Å². The number of anilines is 1. The van der Waals surface area contributed by atoms with Gasteiger partial charge < -0.3 is 24.0 Å². The van der Waals surface area contributed by atoms with Crippen LogP contribution in [0.5, 0.6) is 5.75 Å². The summed E-state index contributed by atoms with van der Waals surface area (Å²) in [6, 6.07) is 8.97. The maximum Gasteiger partial charge on any atom is 0.472 e. The number of esters is 2. The van der Waals surface area contributed by atoms with Crippen LogP contribution in [-0.2, 0) is 52.8 Å². The molecule has 0 fully saturated rings. The van der Waals surface area contributed by atoms with E-state index in [9.17, 15) is 40.4 Å². The number of phosphoric acid groups is 1. The number of phosphoric ester groups is 1.